The summed E-state index contributed by atoms with van der Waals surface area (Å²) in [5.41, 5.74) is 6.07. The highest BCUT2D eigenvalue weighted by Crippen LogP contribution is 2.21. The Morgan fingerprint density at radius 2 is 2.27 bits per heavy atom. The van der Waals surface area contributed by atoms with Crippen LogP contribution in [0, 0.1) is 11.8 Å². The zero-order valence-corrected chi connectivity index (χ0v) is 9.82. The van der Waals surface area contributed by atoms with Crippen LogP contribution in [0.1, 0.15) is 27.2 Å². The fourth-order valence-corrected chi connectivity index (χ4v) is 2.02. The van der Waals surface area contributed by atoms with Crippen LogP contribution in [0.5, 0.6) is 0 Å². The average molecular weight is 214 g/mol. The summed E-state index contributed by atoms with van der Waals surface area (Å²) < 4.78 is 4.97. The average Bonchev–Trinajstić information content (AvgIpc) is 2.65. The molecule has 1 rings (SSSR count). The highest BCUT2D eigenvalue weighted by molar-refractivity contribution is 5.76. The van der Waals surface area contributed by atoms with E-state index in [1.807, 2.05) is 6.92 Å². The van der Waals surface area contributed by atoms with Gasteiger partial charge in [-0.05, 0) is 25.2 Å². The molecular formula is C11H22N2O2. The van der Waals surface area contributed by atoms with Crippen molar-refractivity contribution in [3.63, 3.8) is 0 Å². The summed E-state index contributed by atoms with van der Waals surface area (Å²) in [6.45, 7) is 7.32. The maximum Gasteiger partial charge on any atom is 0.323 e. The lowest BCUT2D eigenvalue weighted by Crippen LogP contribution is -2.36. The van der Waals surface area contributed by atoms with E-state index in [4.69, 9.17) is 10.5 Å². The van der Waals surface area contributed by atoms with Gasteiger partial charge in [-0.1, -0.05) is 13.8 Å². The van der Waals surface area contributed by atoms with E-state index in [-0.39, 0.29) is 18.1 Å². The Hall–Kier alpha value is -0.610. The fraction of sp³-hybridized carbons (Fsp3) is 0.909. The van der Waals surface area contributed by atoms with Gasteiger partial charge in [0, 0.05) is 12.6 Å². The number of ether oxygens (including phenoxy) is 1. The summed E-state index contributed by atoms with van der Waals surface area (Å²) in [5.74, 6) is 0.702. The van der Waals surface area contributed by atoms with Crippen molar-refractivity contribution in [1.82, 2.24) is 5.32 Å². The van der Waals surface area contributed by atoms with E-state index in [1.54, 1.807) is 0 Å². The summed E-state index contributed by atoms with van der Waals surface area (Å²) in [4.78, 5) is 11.5. The Bertz CT molecular complexity index is 219. The van der Waals surface area contributed by atoms with Crippen LogP contribution >= 0.6 is 0 Å². The van der Waals surface area contributed by atoms with Gasteiger partial charge in [-0.2, -0.15) is 0 Å². The van der Waals surface area contributed by atoms with E-state index in [0.29, 0.717) is 18.4 Å². The molecule has 0 bridgehead atoms. The van der Waals surface area contributed by atoms with E-state index < -0.39 is 0 Å². The van der Waals surface area contributed by atoms with Crippen molar-refractivity contribution >= 4 is 5.97 Å². The fourth-order valence-electron chi connectivity index (χ4n) is 2.02. The van der Waals surface area contributed by atoms with Crippen LogP contribution in [-0.4, -0.2) is 31.2 Å². The number of nitrogens with one attached hydrogen (secondary N) is 1. The van der Waals surface area contributed by atoms with Gasteiger partial charge >= 0.3 is 5.97 Å². The first-order valence-corrected chi connectivity index (χ1v) is 5.71. The molecule has 1 saturated heterocycles. The molecule has 0 spiro atoms. The van der Waals surface area contributed by atoms with Crippen LogP contribution in [0.4, 0.5) is 0 Å². The smallest absolute Gasteiger partial charge is 0.323 e. The van der Waals surface area contributed by atoms with Crippen molar-refractivity contribution in [2.45, 2.75) is 39.3 Å². The second-order valence-corrected chi connectivity index (χ2v) is 4.53. The minimum absolute atomic E-state index is 0.143. The molecule has 0 aromatic heterocycles. The second kappa shape index (κ2) is 5.47. The van der Waals surface area contributed by atoms with E-state index in [0.717, 1.165) is 13.0 Å². The Labute approximate surface area is 91.5 Å². The van der Waals surface area contributed by atoms with Gasteiger partial charge in [0.1, 0.15) is 6.04 Å². The van der Waals surface area contributed by atoms with Gasteiger partial charge in [0.05, 0.1) is 6.61 Å². The Balaban J connectivity index is 2.41. The van der Waals surface area contributed by atoms with E-state index in [9.17, 15) is 4.79 Å². The molecule has 1 aliphatic heterocycles. The highest BCUT2D eigenvalue weighted by atomic mass is 16.5. The maximum atomic E-state index is 11.5. The number of nitrogens with two attached hydrogens (primary N) is 1. The number of carbonyl (C=O) groups is 1. The van der Waals surface area contributed by atoms with Crippen molar-refractivity contribution in [2.24, 2.45) is 17.6 Å². The van der Waals surface area contributed by atoms with E-state index in [1.165, 1.54) is 0 Å². The van der Waals surface area contributed by atoms with Gasteiger partial charge in [-0.3, -0.25) is 4.79 Å². The minimum atomic E-state index is -0.153. The molecule has 0 aromatic carbocycles. The quantitative estimate of drug-likeness (QED) is 0.669. The van der Waals surface area contributed by atoms with Gasteiger partial charge in [0.15, 0.2) is 0 Å². The molecule has 0 saturated carbocycles. The van der Waals surface area contributed by atoms with Crippen LogP contribution in [0.25, 0.3) is 0 Å². The molecule has 4 heteroatoms. The van der Waals surface area contributed by atoms with Crippen LogP contribution in [0.15, 0.2) is 0 Å². The first-order chi connectivity index (χ1) is 7.06. The third kappa shape index (κ3) is 3.18. The first kappa shape index (κ1) is 12.5. The number of esters is 1. The lowest BCUT2D eigenvalue weighted by molar-refractivity contribution is -0.145. The Kier molecular flexibility index (Phi) is 4.54. The SMILES string of the molecule is CCOC(=O)[C@@H]1C[C@H](C(N)C(C)C)CN1. The zero-order chi connectivity index (χ0) is 11.4. The molecule has 3 atom stereocenters. The van der Waals surface area contributed by atoms with Gasteiger partial charge in [0.25, 0.3) is 0 Å². The van der Waals surface area contributed by atoms with Crippen LogP contribution in [0.3, 0.4) is 0 Å². The molecular weight excluding hydrogens is 192 g/mol. The molecule has 1 unspecified atom stereocenters. The van der Waals surface area contributed by atoms with Crippen molar-refractivity contribution in [2.75, 3.05) is 13.2 Å². The lowest BCUT2D eigenvalue weighted by Gasteiger charge is -2.21. The molecule has 0 amide bonds. The summed E-state index contributed by atoms with van der Waals surface area (Å²) in [5, 5.41) is 3.17. The monoisotopic (exact) mass is 214 g/mol. The normalized spacial score (nSPS) is 28.1. The summed E-state index contributed by atoms with van der Waals surface area (Å²) >= 11 is 0. The van der Waals surface area contributed by atoms with E-state index >= 15 is 0 Å². The zero-order valence-electron chi connectivity index (χ0n) is 9.82. The summed E-state index contributed by atoms with van der Waals surface area (Å²) in [6.07, 6.45) is 0.804. The number of hydrogen-bond donors (Lipinski definition) is 2. The number of carbonyl (C=O) groups excluding carboxylic acids is 1. The highest BCUT2D eigenvalue weighted by Gasteiger charge is 2.34. The lowest BCUT2D eigenvalue weighted by atomic mass is 9.89. The molecule has 0 aliphatic carbocycles. The predicted molar refractivity (Wildman–Crippen MR) is 59.3 cm³/mol. The maximum absolute atomic E-state index is 11.5. The summed E-state index contributed by atoms with van der Waals surface area (Å²) in [6, 6.07) is 0.0108. The molecule has 0 radical (unpaired) electrons. The van der Waals surface area contributed by atoms with E-state index in [2.05, 4.69) is 19.2 Å². The van der Waals surface area contributed by atoms with Gasteiger partial charge < -0.3 is 15.8 Å². The summed E-state index contributed by atoms with van der Waals surface area (Å²) in [7, 11) is 0. The van der Waals surface area contributed by atoms with Gasteiger partial charge in [-0.25, -0.2) is 0 Å². The van der Waals surface area contributed by atoms with Crippen molar-refractivity contribution in [1.29, 1.82) is 0 Å². The van der Waals surface area contributed by atoms with Crippen molar-refractivity contribution in [3.8, 4) is 0 Å². The largest absolute Gasteiger partial charge is 0.465 e. The van der Waals surface area contributed by atoms with Crippen molar-refractivity contribution < 1.29 is 9.53 Å². The Morgan fingerprint density at radius 1 is 1.60 bits per heavy atom. The van der Waals surface area contributed by atoms with Crippen LogP contribution < -0.4 is 11.1 Å². The third-order valence-corrected chi connectivity index (χ3v) is 3.05. The standard InChI is InChI=1S/C11H22N2O2/c1-4-15-11(14)9-5-8(6-13-9)10(12)7(2)3/h7-10,13H,4-6,12H2,1-3H3/t8-,9-,10?/m0/s1. The topological polar surface area (TPSA) is 64.3 Å². The van der Waals surface area contributed by atoms with Gasteiger partial charge in [0.2, 0.25) is 0 Å². The molecule has 15 heavy (non-hydrogen) atoms. The van der Waals surface area contributed by atoms with Crippen LogP contribution in [-0.2, 0) is 9.53 Å². The molecule has 3 N–H and O–H groups in total. The van der Waals surface area contributed by atoms with Crippen molar-refractivity contribution in [3.05, 3.63) is 0 Å². The first-order valence-electron chi connectivity index (χ1n) is 5.71. The Morgan fingerprint density at radius 3 is 2.80 bits per heavy atom. The third-order valence-electron chi connectivity index (χ3n) is 3.05. The number of rotatable bonds is 4. The molecule has 4 nitrogen and oxygen atoms in total. The molecule has 1 fully saturated rings. The molecule has 0 aromatic rings. The van der Waals surface area contributed by atoms with Gasteiger partial charge in [-0.15, -0.1) is 0 Å². The molecule has 88 valence electrons. The molecule has 1 aliphatic rings. The minimum Gasteiger partial charge on any atom is -0.465 e. The number of hydrogen-bond acceptors (Lipinski definition) is 4. The predicted octanol–water partition coefficient (Wildman–Crippen LogP) is 0.511. The van der Waals surface area contributed by atoms with Crippen LogP contribution in [0.2, 0.25) is 0 Å². The second-order valence-electron chi connectivity index (χ2n) is 4.53. The molecule has 1 heterocycles.